The van der Waals surface area contributed by atoms with Crippen molar-refractivity contribution in [2.45, 2.75) is 31.9 Å². The van der Waals surface area contributed by atoms with Gasteiger partial charge >= 0.3 is 6.18 Å². The summed E-state index contributed by atoms with van der Waals surface area (Å²) in [4.78, 5) is 4.16. The average Bonchev–Trinajstić information content (AvgIpc) is 2.51. The zero-order chi connectivity index (χ0) is 11.6. The highest BCUT2D eigenvalue weighted by Crippen LogP contribution is 2.37. The van der Waals surface area contributed by atoms with Gasteiger partial charge in [0.25, 0.3) is 0 Å². The third-order valence-electron chi connectivity index (χ3n) is 2.01. The lowest BCUT2D eigenvalue weighted by atomic mass is 10.1. The van der Waals surface area contributed by atoms with E-state index in [4.69, 9.17) is 5.73 Å². The van der Waals surface area contributed by atoms with Gasteiger partial charge in [0.15, 0.2) is 0 Å². The summed E-state index contributed by atoms with van der Waals surface area (Å²) in [6.07, 6.45) is -3.00. The van der Waals surface area contributed by atoms with Gasteiger partial charge < -0.3 is 5.73 Å². The Kier molecular flexibility index (Phi) is 3.72. The number of halogens is 3. The van der Waals surface area contributed by atoms with E-state index in [2.05, 4.69) is 4.98 Å². The fourth-order valence-corrected chi connectivity index (χ4v) is 2.20. The molecule has 86 valence electrons. The molecule has 1 heterocycles. The van der Waals surface area contributed by atoms with Gasteiger partial charge in [-0.1, -0.05) is 13.8 Å². The average molecular weight is 238 g/mol. The SMILES string of the molecule is CC(C)c1ncc(C(CN)C(F)(F)F)s1. The molecule has 1 aromatic rings. The predicted molar refractivity (Wildman–Crippen MR) is 54.1 cm³/mol. The Balaban J connectivity index is 2.93. The Labute approximate surface area is 90.3 Å². The van der Waals surface area contributed by atoms with Gasteiger partial charge in [-0.05, 0) is 0 Å². The topological polar surface area (TPSA) is 38.9 Å². The van der Waals surface area contributed by atoms with Crippen LogP contribution in [0.5, 0.6) is 0 Å². The largest absolute Gasteiger partial charge is 0.397 e. The first kappa shape index (κ1) is 12.4. The highest BCUT2D eigenvalue weighted by atomic mass is 32.1. The van der Waals surface area contributed by atoms with Crippen molar-refractivity contribution in [1.29, 1.82) is 0 Å². The molecule has 2 nitrogen and oxygen atoms in total. The van der Waals surface area contributed by atoms with Crippen LogP contribution in [0.4, 0.5) is 13.2 Å². The highest BCUT2D eigenvalue weighted by Gasteiger charge is 2.40. The maximum atomic E-state index is 12.5. The lowest BCUT2D eigenvalue weighted by Gasteiger charge is -2.16. The van der Waals surface area contributed by atoms with E-state index in [0.29, 0.717) is 5.01 Å². The van der Waals surface area contributed by atoms with Crippen LogP contribution in [0.1, 0.15) is 35.6 Å². The summed E-state index contributed by atoms with van der Waals surface area (Å²) in [7, 11) is 0. The standard InChI is InChI=1S/C9H13F3N2S/c1-5(2)8-14-4-7(15-8)6(3-13)9(10,11)12/h4-6H,3,13H2,1-2H3. The molecular weight excluding hydrogens is 225 g/mol. The van der Waals surface area contributed by atoms with Crippen molar-refractivity contribution in [3.05, 3.63) is 16.1 Å². The summed E-state index contributed by atoms with van der Waals surface area (Å²) >= 11 is 1.09. The number of nitrogens with zero attached hydrogens (tertiary/aromatic N) is 1. The van der Waals surface area contributed by atoms with Crippen LogP contribution < -0.4 is 5.73 Å². The third-order valence-corrected chi connectivity index (χ3v) is 3.42. The van der Waals surface area contributed by atoms with Crippen LogP contribution in [0.25, 0.3) is 0 Å². The Morgan fingerprint density at radius 3 is 2.40 bits per heavy atom. The number of hydrogen-bond donors (Lipinski definition) is 1. The van der Waals surface area contributed by atoms with Crippen molar-refractivity contribution in [3.63, 3.8) is 0 Å². The van der Waals surface area contributed by atoms with Crippen LogP contribution in [0.15, 0.2) is 6.20 Å². The van der Waals surface area contributed by atoms with Crippen molar-refractivity contribution in [2.75, 3.05) is 6.54 Å². The monoisotopic (exact) mass is 238 g/mol. The van der Waals surface area contributed by atoms with E-state index in [1.807, 2.05) is 13.8 Å². The molecule has 0 saturated carbocycles. The van der Waals surface area contributed by atoms with E-state index in [1.54, 1.807) is 0 Å². The maximum Gasteiger partial charge on any atom is 0.397 e. The van der Waals surface area contributed by atoms with Crippen molar-refractivity contribution in [2.24, 2.45) is 5.73 Å². The second-order valence-electron chi connectivity index (χ2n) is 3.59. The number of alkyl halides is 3. The van der Waals surface area contributed by atoms with Gasteiger partial charge in [0.05, 0.1) is 5.01 Å². The number of rotatable bonds is 3. The van der Waals surface area contributed by atoms with Crippen LogP contribution in [0.3, 0.4) is 0 Å². The number of aromatic nitrogens is 1. The molecule has 2 N–H and O–H groups in total. The number of hydrogen-bond acceptors (Lipinski definition) is 3. The van der Waals surface area contributed by atoms with Crippen molar-refractivity contribution < 1.29 is 13.2 Å². The van der Waals surface area contributed by atoms with Gasteiger partial charge in [-0.2, -0.15) is 13.2 Å². The van der Waals surface area contributed by atoms with Gasteiger partial charge in [-0.3, -0.25) is 0 Å². The Bertz CT molecular complexity index is 319. The molecule has 0 radical (unpaired) electrons. The van der Waals surface area contributed by atoms with E-state index in [-0.39, 0.29) is 10.8 Å². The lowest BCUT2D eigenvalue weighted by molar-refractivity contribution is -0.147. The van der Waals surface area contributed by atoms with Gasteiger partial charge in [0.2, 0.25) is 0 Å². The fraction of sp³-hybridized carbons (Fsp3) is 0.667. The molecule has 15 heavy (non-hydrogen) atoms. The summed E-state index contributed by atoms with van der Waals surface area (Å²) in [5.41, 5.74) is 5.14. The minimum atomic E-state index is -4.28. The predicted octanol–water partition coefficient (Wildman–Crippen LogP) is 2.87. The lowest BCUT2D eigenvalue weighted by Crippen LogP contribution is -2.27. The van der Waals surface area contributed by atoms with Crippen molar-refractivity contribution >= 4 is 11.3 Å². The molecule has 0 aliphatic carbocycles. The minimum Gasteiger partial charge on any atom is -0.329 e. The first-order valence-electron chi connectivity index (χ1n) is 4.58. The summed E-state index contributed by atoms with van der Waals surface area (Å²) in [5.74, 6) is -1.43. The van der Waals surface area contributed by atoms with Gasteiger partial charge in [-0.15, -0.1) is 11.3 Å². The van der Waals surface area contributed by atoms with Crippen LogP contribution in [-0.4, -0.2) is 17.7 Å². The molecule has 0 spiro atoms. The van der Waals surface area contributed by atoms with Gasteiger partial charge in [0, 0.05) is 23.5 Å². The number of thiazole rings is 1. The fourth-order valence-electron chi connectivity index (χ4n) is 1.14. The van der Waals surface area contributed by atoms with Gasteiger partial charge in [0.1, 0.15) is 5.92 Å². The molecule has 0 fully saturated rings. The molecule has 0 saturated heterocycles. The van der Waals surface area contributed by atoms with E-state index in [1.165, 1.54) is 6.20 Å². The van der Waals surface area contributed by atoms with Crippen molar-refractivity contribution in [3.8, 4) is 0 Å². The summed E-state index contributed by atoms with van der Waals surface area (Å²) < 4.78 is 37.5. The second-order valence-corrected chi connectivity index (χ2v) is 4.68. The highest BCUT2D eigenvalue weighted by molar-refractivity contribution is 7.11. The molecule has 0 aliphatic rings. The summed E-state index contributed by atoms with van der Waals surface area (Å²) in [5, 5.41) is 0.715. The summed E-state index contributed by atoms with van der Waals surface area (Å²) in [6.45, 7) is 3.37. The molecule has 6 heteroatoms. The van der Waals surface area contributed by atoms with E-state index in [0.717, 1.165) is 11.3 Å². The zero-order valence-corrected chi connectivity index (χ0v) is 9.32. The number of nitrogens with two attached hydrogens (primary N) is 1. The molecule has 1 rings (SSSR count). The smallest absolute Gasteiger partial charge is 0.329 e. The minimum absolute atomic E-state index is 0.149. The van der Waals surface area contributed by atoms with E-state index in [9.17, 15) is 13.2 Å². The zero-order valence-electron chi connectivity index (χ0n) is 8.51. The maximum absolute atomic E-state index is 12.5. The second kappa shape index (κ2) is 4.49. The Morgan fingerprint density at radius 1 is 1.47 bits per heavy atom. The quantitative estimate of drug-likeness (QED) is 0.879. The molecule has 0 amide bonds. The molecule has 0 bridgehead atoms. The summed E-state index contributed by atoms with van der Waals surface area (Å²) in [6, 6.07) is 0. The van der Waals surface area contributed by atoms with Gasteiger partial charge in [-0.25, -0.2) is 4.98 Å². The normalized spacial score (nSPS) is 14.6. The first-order chi connectivity index (χ1) is 6.86. The Hall–Kier alpha value is -0.620. The van der Waals surface area contributed by atoms with E-state index >= 15 is 0 Å². The molecule has 1 atom stereocenters. The van der Waals surface area contributed by atoms with Crippen molar-refractivity contribution in [1.82, 2.24) is 4.98 Å². The molecular formula is C9H13F3N2S. The molecule has 1 aromatic heterocycles. The molecule has 0 aliphatic heterocycles. The van der Waals surface area contributed by atoms with Crippen LogP contribution >= 0.6 is 11.3 Å². The third kappa shape index (κ3) is 2.92. The van der Waals surface area contributed by atoms with Crippen LogP contribution in [-0.2, 0) is 0 Å². The molecule has 1 unspecified atom stereocenters. The Morgan fingerprint density at radius 2 is 2.07 bits per heavy atom. The van der Waals surface area contributed by atoms with Crippen LogP contribution in [0, 0.1) is 0 Å². The van der Waals surface area contributed by atoms with E-state index < -0.39 is 18.6 Å². The van der Waals surface area contributed by atoms with Crippen LogP contribution in [0.2, 0.25) is 0 Å². The first-order valence-corrected chi connectivity index (χ1v) is 5.40. The molecule has 0 aromatic carbocycles.